The van der Waals surface area contributed by atoms with Crippen molar-refractivity contribution < 1.29 is 4.79 Å². The Bertz CT molecular complexity index is 513. The summed E-state index contributed by atoms with van der Waals surface area (Å²) in [5.74, 6) is 0.128. The highest BCUT2D eigenvalue weighted by atomic mass is 79.9. The van der Waals surface area contributed by atoms with E-state index in [-0.39, 0.29) is 5.91 Å². The molecule has 0 saturated carbocycles. The predicted octanol–water partition coefficient (Wildman–Crippen LogP) is 1.75. The molecular formula is C13H16BrN3OS. The molecule has 2 rings (SSSR count). The number of nitrogens with zero attached hydrogens (tertiary/aromatic N) is 2. The van der Waals surface area contributed by atoms with Crippen molar-refractivity contribution in [1.82, 2.24) is 4.90 Å². The van der Waals surface area contributed by atoms with Gasteiger partial charge in [-0.15, -0.1) is 0 Å². The quantitative estimate of drug-likeness (QED) is 0.832. The zero-order valence-corrected chi connectivity index (χ0v) is 13.1. The third-order valence-corrected chi connectivity index (χ3v) is 4.00. The number of benzene rings is 1. The van der Waals surface area contributed by atoms with Crippen LogP contribution < -0.4 is 10.6 Å². The zero-order valence-electron chi connectivity index (χ0n) is 10.7. The number of halogens is 1. The summed E-state index contributed by atoms with van der Waals surface area (Å²) in [6.07, 6.45) is 0. The standard InChI is InChI=1S/C13H16BrN3OS/c1-9(18)16-4-6-17(7-5-16)12-8-10(14)2-3-11(12)13(15)19/h2-3,8H,4-7H2,1H3,(H2,15,19). The van der Waals surface area contributed by atoms with Crippen LogP contribution in [0.25, 0.3) is 0 Å². The molecule has 6 heteroatoms. The molecule has 0 aliphatic carbocycles. The van der Waals surface area contributed by atoms with Crippen molar-refractivity contribution in [2.75, 3.05) is 31.1 Å². The molecule has 1 aromatic rings. The molecular weight excluding hydrogens is 326 g/mol. The van der Waals surface area contributed by atoms with Gasteiger partial charge in [-0.3, -0.25) is 4.79 Å². The fraction of sp³-hybridized carbons (Fsp3) is 0.385. The van der Waals surface area contributed by atoms with Crippen molar-refractivity contribution in [2.45, 2.75) is 6.92 Å². The number of anilines is 1. The summed E-state index contributed by atoms with van der Waals surface area (Å²) >= 11 is 8.57. The van der Waals surface area contributed by atoms with Crippen LogP contribution in [0.3, 0.4) is 0 Å². The number of hydrogen-bond donors (Lipinski definition) is 1. The SMILES string of the molecule is CC(=O)N1CCN(c2cc(Br)ccc2C(N)=S)CC1. The maximum Gasteiger partial charge on any atom is 0.219 e. The molecule has 1 amide bonds. The number of thiocarbonyl (C=S) groups is 1. The lowest BCUT2D eigenvalue weighted by Crippen LogP contribution is -2.48. The van der Waals surface area contributed by atoms with Gasteiger partial charge in [0.15, 0.2) is 0 Å². The molecule has 0 radical (unpaired) electrons. The largest absolute Gasteiger partial charge is 0.389 e. The van der Waals surface area contributed by atoms with E-state index >= 15 is 0 Å². The van der Waals surface area contributed by atoms with E-state index in [1.165, 1.54) is 0 Å². The van der Waals surface area contributed by atoms with E-state index < -0.39 is 0 Å². The Morgan fingerprint density at radius 1 is 1.32 bits per heavy atom. The highest BCUT2D eigenvalue weighted by Gasteiger charge is 2.21. The van der Waals surface area contributed by atoms with Crippen LogP contribution in [-0.4, -0.2) is 42.0 Å². The molecule has 1 saturated heterocycles. The monoisotopic (exact) mass is 341 g/mol. The number of hydrogen-bond acceptors (Lipinski definition) is 3. The molecule has 19 heavy (non-hydrogen) atoms. The molecule has 0 aromatic heterocycles. The summed E-state index contributed by atoms with van der Waals surface area (Å²) in [4.78, 5) is 15.8. The van der Waals surface area contributed by atoms with Crippen molar-refractivity contribution in [3.63, 3.8) is 0 Å². The highest BCUT2D eigenvalue weighted by Crippen LogP contribution is 2.26. The fourth-order valence-corrected chi connectivity index (χ4v) is 2.76. The first-order valence-electron chi connectivity index (χ1n) is 6.09. The minimum absolute atomic E-state index is 0.128. The zero-order chi connectivity index (χ0) is 14.0. The molecule has 1 heterocycles. The van der Waals surface area contributed by atoms with Gasteiger partial charge >= 0.3 is 0 Å². The summed E-state index contributed by atoms with van der Waals surface area (Å²) in [6.45, 7) is 4.67. The van der Waals surface area contributed by atoms with Gasteiger partial charge in [0.05, 0.1) is 0 Å². The van der Waals surface area contributed by atoms with Gasteiger partial charge in [0.2, 0.25) is 5.91 Å². The van der Waals surface area contributed by atoms with Gasteiger partial charge in [-0.05, 0) is 18.2 Å². The summed E-state index contributed by atoms with van der Waals surface area (Å²) in [6, 6.07) is 5.89. The number of carbonyl (C=O) groups excluding carboxylic acids is 1. The minimum atomic E-state index is 0.128. The van der Waals surface area contributed by atoms with Crippen molar-refractivity contribution in [3.05, 3.63) is 28.2 Å². The first-order chi connectivity index (χ1) is 8.99. The second-order valence-corrected chi connectivity index (χ2v) is 5.87. The van der Waals surface area contributed by atoms with Crippen LogP contribution >= 0.6 is 28.1 Å². The lowest BCUT2D eigenvalue weighted by molar-refractivity contribution is -0.129. The third-order valence-electron chi connectivity index (χ3n) is 3.29. The molecule has 102 valence electrons. The first kappa shape index (κ1) is 14.3. The van der Waals surface area contributed by atoms with Crippen LogP contribution in [-0.2, 0) is 4.79 Å². The Hall–Kier alpha value is -1.14. The normalized spacial score (nSPS) is 15.5. The number of nitrogens with two attached hydrogens (primary N) is 1. The van der Waals surface area contributed by atoms with E-state index in [1.54, 1.807) is 6.92 Å². The Labute approximate surface area is 126 Å². The van der Waals surface area contributed by atoms with E-state index in [4.69, 9.17) is 18.0 Å². The second-order valence-electron chi connectivity index (χ2n) is 4.52. The van der Waals surface area contributed by atoms with Gasteiger partial charge in [-0.1, -0.05) is 28.1 Å². The van der Waals surface area contributed by atoms with Gasteiger partial charge in [0.25, 0.3) is 0 Å². The van der Waals surface area contributed by atoms with Gasteiger partial charge < -0.3 is 15.5 Å². The molecule has 0 spiro atoms. The van der Waals surface area contributed by atoms with Gasteiger partial charge in [-0.2, -0.15) is 0 Å². The number of amides is 1. The Balaban J connectivity index is 2.21. The first-order valence-corrected chi connectivity index (χ1v) is 7.29. The molecule has 1 aliphatic rings. The average molecular weight is 342 g/mol. The molecule has 0 atom stereocenters. The molecule has 1 aromatic carbocycles. The molecule has 2 N–H and O–H groups in total. The number of carbonyl (C=O) groups is 1. The maximum absolute atomic E-state index is 11.3. The van der Waals surface area contributed by atoms with Crippen LogP contribution in [0.1, 0.15) is 12.5 Å². The van der Waals surface area contributed by atoms with Crippen LogP contribution in [0.5, 0.6) is 0 Å². The van der Waals surface area contributed by atoms with Crippen LogP contribution in [0.2, 0.25) is 0 Å². The Morgan fingerprint density at radius 3 is 2.47 bits per heavy atom. The highest BCUT2D eigenvalue weighted by molar-refractivity contribution is 9.10. The average Bonchev–Trinajstić information content (AvgIpc) is 2.38. The van der Waals surface area contributed by atoms with E-state index in [1.807, 2.05) is 23.1 Å². The number of piperazine rings is 1. The summed E-state index contributed by atoms with van der Waals surface area (Å²) in [5.41, 5.74) is 7.69. The van der Waals surface area contributed by atoms with Gasteiger partial charge in [0, 0.05) is 48.8 Å². The van der Waals surface area contributed by atoms with E-state index in [9.17, 15) is 4.79 Å². The van der Waals surface area contributed by atoms with E-state index in [0.717, 1.165) is 41.9 Å². The Kier molecular flexibility index (Phi) is 4.42. The van der Waals surface area contributed by atoms with E-state index in [0.29, 0.717) is 4.99 Å². The molecule has 1 fully saturated rings. The third kappa shape index (κ3) is 3.25. The van der Waals surface area contributed by atoms with E-state index in [2.05, 4.69) is 20.8 Å². The Morgan fingerprint density at radius 2 is 1.95 bits per heavy atom. The predicted molar refractivity (Wildman–Crippen MR) is 84.5 cm³/mol. The molecule has 0 unspecified atom stereocenters. The van der Waals surface area contributed by atoms with Gasteiger partial charge in [-0.25, -0.2) is 0 Å². The summed E-state index contributed by atoms with van der Waals surface area (Å²) in [5, 5.41) is 0. The minimum Gasteiger partial charge on any atom is -0.389 e. The second kappa shape index (κ2) is 5.88. The molecule has 4 nitrogen and oxygen atoms in total. The van der Waals surface area contributed by atoms with Gasteiger partial charge in [0.1, 0.15) is 4.99 Å². The summed E-state index contributed by atoms with van der Waals surface area (Å²) in [7, 11) is 0. The van der Waals surface area contributed by atoms with Crippen LogP contribution in [0.15, 0.2) is 22.7 Å². The lowest BCUT2D eigenvalue weighted by atomic mass is 10.1. The van der Waals surface area contributed by atoms with Crippen molar-refractivity contribution in [2.24, 2.45) is 5.73 Å². The molecule has 1 aliphatic heterocycles. The van der Waals surface area contributed by atoms with Crippen molar-refractivity contribution in [1.29, 1.82) is 0 Å². The van der Waals surface area contributed by atoms with Crippen LogP contribution in [0.4, 0.5) is 5.69 Å². The summed E-state index contributed by atoms with van der Waals surface area (Å²) < 4.78 is 0.997. The number of rotatable bonds is 2. The van der Waals surface area contributed by atoms with Crippen molar-refractivity contribution in [3.8, 4) is 0 Å². The smallest absolute Gasteiger partial charge is 0.219 e. The maximum atomic E-state index is 11.3. The topological polar surface area (TPSA) is 49.6 Å². The lowest BCUT2D eigenvalue weighted by Gasteiger charge is -2.36. The fourth-order valence-electron chi connectivity index (χ4n) is 2.24. The van der Waals surface area contributed by atoms with Crippen LogP contribution in [0, 0.1) is 0 Å². The van der Waals surface area contributed by atoms with Crippen molar-refractivity contribution >= 4 is 44.7 Å². The molecule has 0 bridgehead atoms.